The van der Waals surface area contributed by atoms with Crippen LogP contribution in [0.5, 0.6) is 0 Å². The average Bonchev–Trinajstić information content (AvgIpc) is 1.70. The van der Waals surface area contributed by atoms with Gasteiger partial charge in [-0.1, -0.05) is 129 Å². The highest BCUT2D eigenvalue weighted by Gasteiger charge is 2.44. The third kappa shape index (κ3) is 36.4. The van der Waals surface area contributed by atoms with Crippen LogP contribution in [-0.2, 0) is 105 Å². The molecular formula is C89H143N15O21. The van der Waals surface area contributed by atoms with Gasteiger partial charge in [-0.2, -0.15) is 0 Å². The van der Waals surface area contributed by atoms with Crippen molar-refractivity contribution in [3.8, 4) is 0 Å². The van der Waals surface area contributed by atoms with Crippen LogP contribution in [0.2, 0.25) is 0 Å². The Labute approximate surface area is 737 Å². The lowest BCUT2D eigenvalue weighted by molar-refractivity contribution is -0.148. The Kier molecular flexibility index (Phi) is 48.6. The van der Waals surface area contributed by atoms with Gasteiger partial charge in [0.15, 0.2) is 0 Å². The molecular weight excluding hydrogens is 1620 g/mol. The van der Waals surface area contributed by atoms with Crippen molar-refractivity contribution in [3.63, 3.8) is 0 Å². The van der Waals surface area contributed by atoms with Gasteiger partial charge in [0, 0.05) is 91.3 Å². The van der Waals surface area contributed by atoms with Gasteiger partial charge in [-0.3, -0.25) is 53.5 Å². The van der Waals surface area contributed by atoms with Crippen molar-refractivity contribution < 1.29 is 100 Å². The highest BCUT2D eigenvalue weighted by Crippen LogP contribution is 2.31. The first-order chi connectivity index (χ1) is 59.8. The van der Waals surface area contributed by atoms with Gasteiger partial charge in [-0.05, 0) is 104 Å². The van der Waals surface area contributed by atoms with Crippen molar-refractivity contribution >= 4 is 81.9 Å². The number of fused-ring (bicyclic) bond motifs is 1. The van der Waals surface area contributed by atoms with Crippen molar-refractivity contribution in [1.82, 2.24) is 66.9 Å². The third-order valence-electron chi connectivity index (χ3n) is 22.1. The molecule has 4 aromatic rings. The van der Waals surface area contributed by atoms with E-state index in [1.807, 2.05) is 75.4 Å². The third-order valence-corrected chi connectivity index (χ3v) is 22.1. The molecule has 1 unspecified atom stereocenters. The Bertz CT molecular complexity index is 3940. The number of rotatable bonds is 61. The van der Waals surface area contributed by atoms with E-state index in [4.69, 9.17) is 48.4 Å². The van der Waals surface area contributed by atoms with Crippen molar-refractivity contribution in [3.05, 3.63) is 102 Å². The van der Waals surface area contributed by atoms with Crippen molar-refractivity contribution in [2.24, 2.45) is 35.3 Å². The van der Waals surface area contributed by atoms with Crippen LogP contribution in [0.4, 0.5) is 15.3 Å². The van der Waals surface area contributed by atoms with Gasteiger partial charge in [0.05, 0.1) is 141 Å². The monoisotopic (exact) mass is 1760 g/mol. The fourth-order valence-corrected chi connectivity index (χ4v) is 14.8. The topological polar surface area (TPSA) is 443 Å². The van der Waals surface area contributed by atoms with Crippen LogP contribution >= 0.6 is 0 Å². The number of carbonyl (C=O) groups is 11. The molecule has 2 heterocycles. The number of benzene rings is 3. The molecule has 125 heavy (non-hydrogen) atoms. The number of nitrogens with two attached hydrogens (primary N) is 1. The maximum atomic E-state index is 14.9. The molecule has 12 atom stereocenters. The van der Waals surface area contributed by atoms with E-state index in [0.717, 1.165) is 16.6 Å². The average molecular weight is 1760 g/mol. The maximum Gasteiger partial charge on any atom is 0.410 e. The van der Waals surface area contributed by atoms with Crippen LogP contribution in [0.15, 0.2) is 84.9 Å². The number of hydrogen-bond donors (Lipinski definition) is 11. The number of nitrogens with one attached hydrogen (secondary N) is 9. The second-order valence-corrected chi connectivity index (χ2v) is 32.5. The van der Waals surface area contributed by atoms with Crippen LogP contribution in [-0.4, -0.2) is 297 Å². The first-order valence-corrected chi connectivity index (χ1v) is 43.6. The summed E-state index contributed by atoms with van der Waals surface area (Å²) in [7, 11) is 9.88. The van der Waals surface area contributed by atoms with E-state index in [-0.39, 0.29) is 114 Å². The summed E-state index contributed by atoms with van der Waals surface area (Å²) in [6.45, 7) is 23.1. The molecule has 12 N–H and O–H groups in total. The molecule has 0 saturated carbocycles. The number of aromatic nitrogens is 1. The number of hydrogen-bond acceptors (Lipinski definition) is 23. The number of nitrogens with zero attached hydrogens (tertiary/aromatic N) is 5. The van der Waals surface area contributed by atoms with Gasteiger partial charge in [0.1, 0.15) is 30.8 Å². The van der Waals surface area contributed by atoms with E-state index in [1.165, 1.54) is 26.2 Å². The highest BCUT2D eigenvalue weighted by molar-refractivity contribution is 5.99. The summed E-state index contributed by atoms with van der Waals surface area (Å²) in [6, 6.07) is 18.8. The van der Waals surface area contributed by atoms with Gasteiger partial charge < -0.3 is 110 Å². The maximum absolute atomic E-state index is 14.9. The normalized spacial score (nSPS) is 15.5. The van der Waals surface area contributed by atoms with E-state index in [1.54, 1.807) is 109 Å². The van der Waals surface area contributed by atoms with E-state index < -0.39 is 126 Å². The Hall–Kier alpha value is -9.47. The minimum atomic E-state index is -1.13. The number of carbonyl (C=O) groups excluding carboxylic acids is 11. The quantitative estimate of drug-likeness (QED) is 0.0206. The van der Waals surface area contributed by atoms with Crippen LogP contribution in [0.3, 0.4) is 0 Å². The van der Waals surface area contributed by atoms with E-state index >= 15 is 0 Å². The number of primary amides is 1. The first kappa shape index (κ1) is 106. The second-order valence-electron chi connectivity index (χ2n) is 32.5. The number of aliphatic hydroxyl groups is 1. The standard InChI is InChI=1S/C89H143N15O21/c1-17-61(8)80(72(117-15)54-76(108)104-39-24-30-71(104)82(118-16)62(9)83(110)95-63(10)81(109)65-25-19-18-20-26-65)101(13)87(114)78(59(4)5)99-86(113)79(60(6)7)102(14)89(116)125-57-64-31-33-67(34-32-64)96-84(111)69(28-23-37-93-88(90)115)97-85(112)77(58(2)3)98-74(106)36-41-119-43-45-121-47-49-123-51-52-124-50-48-122-46-44-120-42-38-92-75(107)55-94-73(105)35-40-103-68(56-100(12)91-11)53-66-27-21-22-29-70(66)103/h18-22,25-27,29,31-34,53,58-63,69,71-72,77-82,91,109H,17,23-24,28,30,35-52,54-57H2,1-16H3,(H,92,107)(H,94,105)(H,95,110)(H,96,111)(H,97,112)(H,98,106)(H,99,113)(H3,90,93,115)/t61?,62-,63-,69+,71+,72-,77+,78+,79+,80+,81-,82-/m1/s1. The largest absolute Gasteiger partial charge is 0.445 e. The van der Waals surface area contributed by atoms with Crippen LogP contribution < -0.4 is 53.7 Å². The summed E-state index contributed by atoms with van der Waals surface area (Å²) in [6.07, 6.45) is -0.991. The number of para-hydroxylation sites is 1. The molecule has 36 heteroatoms. The minimum Gasteiger partial charge on any atom is -0.445 e. The number of likely N-dealkylation sites (N-methyl/N-ethyl adjacent to an activating group) is 2. The Morgan fingerprint density at radius 2 is 1.20 bits per heavy atom. The predicted molar refractivity (Wildman–Crippen MR) is 472 cm³/mol. The second kappa shape index (κ2) is 57.3. The number of likely N-dealkylation sites (tertiary alicyclic amines) is 1. The van der Waals surface area contributed by atoms with E-state index in [9.17, 15) is 57.8 Å². The van der Waals surface area contributed by atoms with Gasteiger partial charge in [-0.15, -0.1) is 0 Å². The van der Waals surface area contributed by atoms with E-state index in [0.29, 0.717) is 109 Å². The number of anilines is 1. The molecule has 5 rings (SSSR count). The number of aliphatic hydroxyl groups excluding tert-OH is 1. The Balaban J connectivity index is 0.977. The summed E-state index contributed by atoms with van der Waals surface area (Å²) < 4.78 is 53.3. The summed E-state index contributed by atoms with van der Waals surface area (Å²) in [5.41, 5.74) is 12.0. The molecule has 0 spiro atoms. The lowest BCUT2D eigenvalue weighted by Gasteiger charge is -2.41. The molecule has 1 aliphatic rings. The summed E-state index contributed by atoms with van der Waals surface area (Å²) in [5.74, 6) is -5.97. The fraction of sp³-hybridized carbons (Fsp3) is 0.652. The first-order valence-electron chi connectivity index (χ1n) is 43.6. The molecule has 1 aliphatic heterocycles. The molecule has 0 aliphatic carbocycles. The minimum absolute atomic E-state index is 0.0416. The van der Waals surface area contributed by atoms with E-state index in [2.05, 4.69) is 58.6 Å². The zero-order valence-electron chi connectivity index (χ0n) is 76.3. The zero-order valence-corrected chi connectivity index (χ0v) is 76.3. The molecule has 12 amide bonds. The lowest BCUT2D eigenvalue weighted by atomic mass is 9.89. The lowest BCUT2D eigenvalue weighted by Crippen LogP contribution is -2.60. The van der Waals surface area contributed by atoms with Crippen LogP contribution in [0.1, 0.15) is 144 Å². The fourth-order valence-electron chi connectivity index (χ4n) is 14.8. The number of methoxy groups -OCH3 is 2. The SMILES string of the molecule is CCC(C)[C@@H]([C@@H](CC(=O)N1CCC[C@H]1[C@H](OC)[C@@H](C)C(=O)N[C@H](C)[C@@H](O)c1ccccc1)OC)N(C)C(=O)[C@@H](NC(=O)[C@H](C(C)C)N(C)C(=O)OCc1ccc(NC(=O)[C@H](CCCNC(N)=O)NC(=O)[C@@H](NC(=O)CCOCCOCCOCCOCCOCCOCCNC(=O)CNC(=O)CCn2c(CN(C)NC)cc3ccccc32)C(C)C)cc1)C(C)C. The smallest absolute Gasteiger partial charge is 0.410 e. The molecule has 1 fully saturated rings. The summed E-state index contributed by atoms with van der Waals surface area (Å²) in [4.78, 5) is 153. The molecule has 36 nitrogen and oxygen atoms in total. The molecule has 1 aromatic heterocycles. The molecule has 3 aromatic carbocycles. The van der Waals surface area contributed by atoms with Crippen LogP contribution in [0, 0.1) is 29.6 Å². The number of ether oxygens (including phenoxy) is 9. The van der Waals surface area contributed by atoms with Crippen molar-refractivity contribution in [1.29, 1.82) is 0 Å². The Morgan fingerprint density at radius 3 is 1.78 bits per heavy atom. The molecule has 0 bridgehead atoms. The molecule has 0 radical (unpaired) electrons. The zero-order chi connectivity index (χ0) is 92.1. The highest BCUT2D eigenvalue weighted by atomic mass is 16.6. The summed E-state index contributed by atoms with van der Waals surface area (Å²) >= 11 is 0. The van der Waals surface area contributed by atoms with Crippen molar-refractivity contribution in [2.75, 3.05) is 153 Å². The number of urea groups is 1. The van der Waals surface area contributed by atoms with Gasteiger partial charge >= 0.3 is 12.1 Å². The number of amides is 12. The van der Waals surface area contributed by atoms with Crippen LogP contribution in [0.25, 0.3) is 10.9 Å². The molecule has 700 valence electrons. The van der Waals surface area contributed by atoms with Gasteiger partial charge in [-0.25, -0.2) is 14.6 Å². The van der Waals surface area contributed by atoms with Gasteiger partial charge in [0.2, 0.25) is 53.2 Å². The van der Waals surface area contributed by atoms with Gasteiger partial charge in [0.25, 0.3) is 0 Å². The Morgan fingerprint density at radius 1 is 0.600 bits per heavy atom. The number of aryl methyl sites for hydroxylation is 1. The molecule has 1 saturated heterocycles. The number of hydrazine groups is 1. The van der Waals surface area contributed by atoms with Crippen molar-refractivity contribution in [2.45, 2.75) is 201 Å². The summed E-state index contributed by atoms with van der Waals surface area (Å²) in [5, 5.41) is 36.2. The predicted octanol–water partition coefficient (Wildman–Crippen LogP) is 4.92.